The van der Waals surface area contributed by atoms with E-state index in [0.717, 1.165) is 26.2 Å². The van der Waals surface area contributed by atoms with Gasteiger partial charge in [-0.05, 0) is 30.7 Å². The number of ketones is 1. The van der Waals surface area contributed by atoms with Crippen LogP contribution in [0.5, 0.6) is 0 Å². The maximum Gasteiger partial charge on any atom is 0.172 e. The maximum absolute atomic E-state index is 11.8. The molecule has 0 unspecified atom stereocenters. The molecule has 0 aliphatic heterocycles. The Kier molecular flexibility index (Phi) is 4.60. The Labute approximate surface area is 124 Å². The summed E-state index contributed by atoms with van der Waals surface area (Å²) in [5.74, 6) is 0.210. The van der Waals surface area contributed by atoms with Crippen molar-refractivity contribution < 1.29 is 4.79 Å². The molecular formula is C14H12BrClOS. The number of hydrogen-bond acceptors (Lipinski definition) is 2. The van der Waals surface area contributed by atoms with Gasteiger partial charge in [0.05, 0.1) is 9.90 Å². The van der Waals surface area contributed by atoms with E-state index in [-0.39, 0.29) is 5.78 Å². The van der Waals surface area contributed by atoms with Gasteiger partial charge < -0.3 is 0 Å². The van der Waals surface area contributed by atoms with Crippen molar-refractivity contribution in [3.63, 3.8) is 0 Å². The number of carbonyl (C=O) groups is 1. The number of thiophene rings is 1. The number of benzene rings is 1. The van der Waals surface area contributed by atoms with E-state index in [9.17, 15) is 4.79 Å². The Hall–Kier alpha value is -0.640. The molecule has 4 heteroatoms. The smallest absolute Gasteiger partial charge is 0.172 e. The molecule has 0 aliphatic rings. The molecule has 0 saturated carbocycles. The van der Waals surface area contributed by atoms with Crippen molar-refractivity contribution >= 4 is 44.7 Å². The van der Waals surface area contributed by atoms with Gasteiger partial charge in [0.15, 0.2) is 5.78 Å². The van der Waals surface area contributed by atoms with Gasteiger partial charge in [-0.2, -0.15) is 0 Å². The van der Waals surface area contributed by atoms with Gasteiger partial charge in [0.2, 0.25) is 0 Å². The third kappa shape index (κ3) is 3.02. The van der Waals surface area contributed by atoms with Gasteiger partial charge >= 0.3 is 0 Å². The fraction of sp³-hybridized carbons (Fsp3) is 0.214. The molecular weight excluding hydrogens is 332 g/mol. The topological polar surface area (TPSA) is 17.1 Å². The average molecular weight is 344 g/mol. The summed E-state index contributed by atoms with van der Waals surface area (Å²) in [5.41, 5.74) is 0.973. The van der Waals surface area contributed by atoms with Crippen molar-refractivity contribution in [2.45, 2.75) is 19.8 Å². The van der Waals surface area contributed by atoms with E-state index in [1.807, 2.05) is 37.3 Å². The first-order chi connectivity index (χ1) is 8.61. The number of carbonyl (C=O) groups excluding carboxylic acids is 1. The minimum absolute atomic E-state index is 0.210. The van der Waals surface area contributed by atoms with Crippen LogP contribution in [0.15, 0.2) is 34.8 Å². The molecule has 0 amide bonds. The van der Waals surface area contributed by atoms with Crippen LogP contribution in [-0.4, -0.2) is 5.78 Å². The van der Waals surface area contributed by atoms with Crippen LogP contribution in [-0.2, 0) is 0 Å². The molecule has 18 heavy (non-hydrogen) atoms. The SMILES string of the molecule is CCCC(=O)c1ccc(-c2ccc(Br)cc2Cl)s1. The average Bonchev–Trinajstić information content (AvgIpc) is 2.78. The Balaban J connectivity index is 2.32. The van der Waals surface area contributed by atoms with Gasteiger partial charge in [0.1, 0.15) is 0 Å². The zero-order valence-corrected chi connectivity index (χ0v) is 13.0. The van der Waals surface area contributed by atoms with Crippen LogP contribution in [0.25, 0.3) is 10.4 Å². The first-order valence-electron chi connectivity index (χ1n) is 5.70. The van der Waals surface area contributed by atoms with Crippen LogP contribution in [0.1, 0.15) is 29.4 Å². The van der Waals surface area contributed by atoms with Gasteiger partial charge in [-0.1, -0.05) is 40.5 Å². The van der Waals surface area contributed by atoms with Crippen LogP contribution in [0, 0.1) is 0 Å². The van der Waals surface area contributed by atoms with Crippen LogP contribution < -0.4 is 0 Å². The summed E-state index contributed by atoms with van der Waals surface area (Å²) < 4.78 is 0.954. The van der Waals surface area contributed by atoms with Crippen molar-refractivity contribution in [1.29, 1.82) is 0 Å². The Morgan fingerprint density at radius 1 is 1.33 bits per heavy atom. The first kappa shape index (κ1) is 13.8. The van der Waals surface area contributed by atoms with Crippen molar-refractivity contribution in [3.8, 4) is 10.4 Å². The molecule has 0 spiro atoms. The molecule has 2 rings (SSSR count). The monoisotopic (exact) mass is 342 g/mol. The third-order valence-corrected chi connectivity index (χ3v) is 4.52. The van der Waals surface area contributed by atoms with E-state index in [4.69, 9.17) is 11.6 Å². The van der Waals surface area contributed by atoms with E-state index < -0.39 is 0 Å². The number of hydrogen-bond donors (Lipinski definition) is 0. The molecule has 0 N–H and O–H groups in total. The van der Waals surface area contributed by atoms with Crippen LogP contribution in [0.3, 0.4) is 0 Å². The molecule has 2 aromatic rings. The van der Waals surface area contributed by atoms with Crippen molar-refractivity contribution in [1.82, 2.24) is 0 Å². The first-order valence-corrected chi connectivity index (χ1v) is 7.69. The fourth-order valence-electron chi connectivity index (χ4n) is 1.67. The fourth-order valence-corrected chi connectivity index (χ4v) is 3.52. The molecule has 0 fully saturated rings. The summed E-state index contributed by atoms with van der Waals surface area (Å²) in [5, 5.41) is 0.695. The van der Waals surface area contributed by atoms with Crippen molar-refractivity contribution in [2.24, 2.45) is 0 Å². The van der Waals surface area contributed by atoms with Crippen LogP contribution in [0.2, 0.25) is 5.02 Å². The van der Waals surface area contributed by atoms with Crippen molar-refractivity contribution in [2.75, 3.05) is 0 Å². The molecule has 1 aromatic carbocycles. The summed E-state index contributed by atoms with van der Waals surface area (Å²) in [6, 6.07) is 9.63. The molecule has 0 bridgehead atoms. The molecule has 94 valence electrons. The zero-order chi connectivity index (χ0) is 13.1. The zero-order valence-electron chi connectivity index (χ0n) is 9.87. The summed E-state index contributed by atoms with van der Waals surface area (Å²) in [4.78, 5) is 13.6. The number of Topliss-reactive ketones (excluding diaryl/α,β-unsaturated/α-hetero) is 1. The second kappa shape index (κ2) is 6.00. The molecule has 0 radical (unpaired) electrons. The Bertz CT molecular complexity index is 577. The third-order valence-electron chi connectivity index (χ3n) is 2.55. The van der Waals surface area contributed by atoms with Crippen LogP contribution in [0.4, 0.5) is 0 Å². The highest BCUT2D eigenvalue weighted by molar-refractivity contribution is 9.10. The summed E-state index contributed by atoms with van der Waals surface area (Å²) >= 11 is 11.1. The Morgan fingerprint density at radius 3 is 2.78 bits per heavy atom. The van der Waals surface area contributed by atoms with Gasteiger partial charge in [-0.15, -0.1) is 11.3 Å². The molecule has 1 heterocycles. The van der Waals surface area contributed by atoms with E-state index in [0.29, 0.717) is 11.4 Å². The predicted octanol–water partition coefficient (Wildman–Crippen LogP) is 5.81. The second-order valence-electron chi connectivity index (χ2n) is 3.96. The van der Waals surface area contributed by atoms with E-state index in [2.05, 4.69) is 15.9 Å². The highest BCUT2D eigenvalue weighted by Gasteiger charge is 2.11. The molecule has 0 atom stereocenters. The maximum atomic E-state index is 11.8. The van der Waals surface area contributed by atoms with E-state index in [1.54, 1.807) is 0 Å². The summed E-state index contributed by atoms with van der Waals surface area (Å²) in [6.45, 7) is 2.01. The normalized spacial score (nSPS) is 10.6. The van der Waals surface area contributed by atoms with Gasteiger partial charge in [-0.25, -0.2) is 0 Å². The quantitative estimate of drug-likeness (QED) is 0.640. The molecule has 0 saturated heterocycles. The lowest BCUT2D eigenvalue weighted by Crippen LogP contribution is -1.93. The highest BCUT2D eigenvalue weighted by atomic mass is 79.9. The minimum Gasteiger partial charge on any atom is -0.293 e. The van der Waals surface area contributed by atoms with Crippen molar-refractivity contribution in [3.05, 3.63) is 44.7 Å². The molecule has 1 aromatic heterocycles. The second-order valence-corrected chi connectivity index (χ2v) is 6.37. The highest BCUT2D eigenvalue weighted by Crippen LogP contribution is 2.35. The molecule has 0 aliphatic carbocycles. The van der Waals surface area contributed by atoms with Crippen LogP contribution >= 0.6 is 38.9 Å². The minimum atomic E-state index is 0.210. The standard InChI is InChI=1S/C14H12BrClOS/c1-2-3-12(17)14-7-6-13(18-14)10-5-4-9(15)8-11(10)16/h4-8H,2-3H2,1H3. The van der Waals surface area contributed by atoms with Gasteiger partial charge in [0, 0.05) is 21.3 Å². The predicted molar refractivity (Wildman–Crippen MR) is 81.7 cm³/mol. The Morgan fingerprint density at radius 2 is 2.11 bits per heavy atom. The summed E-state index contributed by atoms with van der Waals surface area (Å²) in [7, 11) is 0. The van der Waals surface area contributed by atoms with Gasteiger partial charge in [-0.3, -0.25) is 4.79 Å². The number of halogens is 2. The number of rotatable bonds is 4. The lowest BCUT2D eigenvalue weighted by atomic mass is 10.2. The van der Waals surface area contributed by atoms with E-state index in [1.165, 1.54) is 11.3 Å². The lowest BCUT2D eigenvalue weighted by Gasteiger charge is -2.01. The molecule has 1 nitrogen and oxygen atoms in total. The van der Waals surface area contributed by atoms with E-state index >= 15 is 0 Å². The lowest BCUT2D eigenvalue weighted by molar-refractivity contribution is 0.0985. The summed E-state index contributed by atoms with van der Waals surface area (Å²) in [6.07, 6.45) is 1.49. The van der Waals surface area contributed by atoms with Gasteiger partial charge in [0.25, 0.3) is 0 Å². The largest absolute Gasteiger partial charge is 0.293 e.